The Morgan fingerprint density at radius 1 is 1.13 bits per heavy atom. The minimum absolute atomic E-state index is 0.283. The van der Waals surface area contributed by atoms with Gasteiger partial charge in [0.05, 0.1) is 25.6 Å². The Kier molecular flexibility index (Phi) is 5.57. The van der Waals surface area contributed by atoms with Gasteiger partial charge in [-0.3, -0.25) is 0 Å². The Balaban J connectivity index is 1.40. The molecule has 0 aliphatic heterocycles. The molecule has 0 spiro atoms. The van der Waals surface area contributed by atoms with Crippen LogP contribution in [0, 0.1) is 13.8 Å². The van der Waals surface area contributed by atoms with E-state index in [0.717, 1.165) is 22.8 Å². The van der Waals surface area contributed by atoms with Crippen LogP contribution in [0.25, 0.3) is 16.9 Å². The minimum atomic E-state index is -0.338. The molecule has 160 valence electrons. The number of methoxy groups -OCH3 is 1. The highest BCUT2D eigenvalue weighted by Crippen LogP contribution is 2.23. The van der Waals surface area contributed by atoms with Gasteiger partial charge in [0.25, 0.3) is 0 Å². The van der Waals surface area contributed by atoms with Crippen LogP contribution in [0.1, 0.15) is 28.2 Å². The van der Waals surface area contributed by atoms with E-state index in [9.17, 15) is 4.79 Å². The first kappa shape index (κ1) is 20.4. The third-order valence-electron chi connectivity index (χ3n) is 5.19. The highest BCUT2D eigenvalue weighted by molar-refractivity contribution is 5.91. The molecule has 0 atom stereocenters. The molecule has 4 aromatic rings. The van der Waals surface area contributed by atoms with Crippen molar-refractivity contribution < 1.29 is 14.3 Å². The van der Waals surface area contributed by atoms with Gasteiger partial charge in [-0.2, -0.15) is 0 Å². The van der Waals surface area contributed by atoms with E-state index < -0.39 is 0 Å². The maximum atomic E-state index is 12.7. The Hall–Kier alpha value is -3.88. The number of ether oxygens (including phenoxy) is 2. The number of carbonyl (C=O) groups is 1. The number of nitrogens with two attached hydrogens (primary N) is 1. The summed E-state index contributed by atoms with van der Waals surface area (Å²) in [4.78, 5) is 25.1. The van der Waals surface area contributed by atoms with Gasteiger partial charge < -0.3 is 24.3 Å². The second kappa shape index (κ2) is 8.47. The number of fused-ring (bicyclic) bond motifs is 1. The first-order chi connectivity index (χ1) is 15.0. The monoisotopic (exact) mass is 420 g/mol. The molecule has 0 bridgehead atoms. The van der Waals surface area contributed by atoms with E-state index in [1.54, 1.807) is 13.4 Å². The second-order valence-electron chi connectivity index (χ2n) is 7.18. The van der Waals surface area contributed by atoms with Gasteiger partial charge in [0.1, 0.15) is 17.6 Å². The number of nitrogen functional groups attached to an aromatic ring is 1. The molecular weight excluding hydrogens is 396 g/mol. The van der Waals surface area contributed by atoms with Crippen molar-refractivity contribution in [2.75, 3.05) is 19.5 Å². The number of aryl methyl sites for hydroxylation is 2. The summed E-state index contributed by atoms with van der Waals surface area (Å²) < 4.78 is 14.6. The number of aromatic nitrogens is 5. The van der Waals surface area contributed by atoms with E-state index in [-0.39, 0.29) is 12.6 Å². The van der Waals surface area contributed by atoms with Crippen molar-refractivity contribution >= 4 is 23.0 Å². The van der Waals surface area contributed by atoms with Crippen LogP contribution in [-0.4, -0.2) is 43.8 Å². The highest BCUT2D eigenvalue weighted by atomic mass is 16.5. The SMILES string of the molecule is COc1ccc(-n2c(C)cc(C(=O)OCCCn3cnc4c(N)ncnc43)c2C)cc1. The molecule has 0 amide bonds. The van der Waals surface area contributed by atoms with Crippen LogP contribution >= 0.6 is 0 Å². The number of benzene rings is 1. The smallest absolute Gasteiger partial charge is 0.339 e. The van der Waals surface area contributed by atoms with Crippen LogP contribution < -0.4 is 10.5 Å². The molecule has 0 radical (unpaired) electrons. The van der Waals surface area contributed by atoms with Crippen LogP contribution in [-0.2, 0) is 11.3 Å². The summed E-state index contributed by atoms with van der Waals surface area (Å²) in [6.07, 6.45) is 3.70. The summed E-state index contributed by atoms with van der Waals surface area (Å²) in [6.45, 7) is 4.76. The Morgan fingerprint density at radius 3 is 2.65 bits per heavy atom. The lowest BCUT2D eigenvalue weighted by molar-refractivity contribution is 0.0495. The summed E-state index contributed by atoms with van der Waals surface area (Å²) in [5, 5.41) is 0. The molecule has 0 unspecified atom stereocenters. The Bertz CT molecular complexity index is 1230. The summed E-state index contributed by atoms with van der Waals surface area (Å²) in [7, 11) is 1.63. The van der Waals surface area contributed by atoms with Gasteiger partial charge in [-0.1, -0.05) is 0 Å². The fourth-order valence-electron chi connectivity index (χ4n) is 3.64. The Labute approximate surface area is 179 Å². The molecule has 0 fully saturated rings. The summed E-state index contributed by atoms with van der Waals surface area (Å²) in [5.41, 5.74) is 10.4. The zero-order valence-electron chi connectivity index (χ0n) is 17.7. The number of anilines is 1. The third kappa shape index (κ3) is 3.94. The lowest BCUT2D eigenvalue weighted by atomic mass is 10.2. The maximum Gasteiger partial charge on any atom is 0.339 e. The quantitative estimate of drug-likeness (QED) is 0.361. The van der Waals surface area contributed by atoms with Crippen LogP contribution in [0.5, 0.6) is 5.75 Å². The third-order valence-corrected chi connectivity index (χ3v) is 5.19. The predicted octanol–water partition coefficient (Wildman–Crippen LogP) is 3.07. The van der Waals surface area contributed by atoms with Crippen molar-refractivity contribution in [2.24, 2.45) is 0 Å². The molecule has 3 heterocycles. The number of carbonyl (C=O) groups excluding carboxylic acids is 1. The van der Waals surface area contributed by atoms with E-state index in [2.05, 4.69) is 15.0 Å². The van der Waals surface area contributed by atoms with E-state index in [1.807, 2.05) is 53.3 Å². The largest absolute Gasteiger partial charge is 0.497 e. The van der Waals surface area contributed by atoms with Crippen molar-refractivity contribution in [2.45, 2.75) is 26.8 Å². The summed E-state index contributed by atoms with van der Waals surface area (Å²) >= 11 is 0. The molecule has 9 nitrogen and oxygen atoms in total. The number of hydrogen-bond donors (Lipinski definition) is 1. The van der Waals surface area contributed by atoms with Gasteiger partial charge in [0.15, 0.2) is 11.5 Å². The van der Waals surface area contributed by atoms with Crippen molar-refractivity contribution in [1.82, 2.24) is 24.1 Å². The second-order valence-corrected chi connectivity index (χ2v) is 7.18. The van der Waals surface area contributed by atoms with Gasteiger partial charge in [-0.05, 0) is 50.6 Å². The highest BCUT2D eigenvalue weighted by Gasteiger charge is 2.18. The molecular formula is C22H24N6O3. The molecule has 31 heavy (non-hydrogen) atoms. The first-order valence-electron chi connectivity index (χ1n) is 9.91. The van der Waals surface area contributed by atoms with Gasteiger partial charge in [0, 0.05) is 23.6 Å². The average Bonchev–Trinajstić information content (AvgIpc) is 3.32. The van der Waals surface area contributed by atoms with Crippen molar-refractivity contribution in [3.05, 3.63) is 59.9 Å². The van der Waals surface area contributed by atoms with Crippen molar-refractivity contribution in [3.8, 4) is 11.4 Å². The van der Waals surface area contributed by atoms with Gasteiger partial charge in [-0.25, -0.2) is 19.7 Å². The molecule has 0 aliphatic carbocycles. The standard InChI is InChI=1S/C22H24N6O3/c1-14-11-18(15(2)28(14)16-5-7-17(30-3)8-6-16)22(29)31-10-4-9-27-13-26-19-20(23)24-12-25-21(19)27/h5-8,11-13H,4,9-10H2,1-3H3,(H2,23,24,25). The summed E-state index contributed by atoms with van der Waals surface area (Å²) in [6, 6.07) is 9.56. The molecule has 3 aromatic heterocycles. The number of imidazole rings is 1. The van der Waals surface area contributed by atoms with Crippen molar-refractivity contribution in [1.29, 1.82) is 0 Å². The van der Waals surface area contributed by atoms with Crippen molar-refractivity contribution in [3.63, 3.8) is 0 Å². The Morgan fingerprint density at radius 2 is 1.90 bits per heavy atom. The topological polar surface area (TPSA) is 110 Å². The molecule has 0 aliphatic rings. The number of hydrogen-bond acceptors (Lipinski definition) is 7. The van der Waals surface area contributed by atoms with E-state index >= 15 is 0 Å². The first-order valence-corrected chi connectivity index (χ1v) is 9.91. The molecule has 0 saturated carbocycles. The average molecular weight is 420 g/mol. The van der Waals surface area contributed by atoms with Gasteiger partial charge >= 0.3 is 5.97 Å². The van der Waals surface area contributed by atoms with Crippen LogP contribution in [0.4, 0.5) is 5.82 Å². The molecule has 1 aromatic carbocycles. The van der Waals surface area contributed by atoms with E-state index in [0.29, 0.717) is 35.5 Å². The normalized spacial score (nSPS) is 11.1. The fourth-order valence-corrected chi connectivity index (χ4v) is 3.64. The maximum absolute atomic E-state index is 12.7. The number of esters is 1. The predicted molar refractivity (Wildman–Crippen MR) is 116 cm³/mol. The molecule has 2 N–H and O–H groups in total. The minimum Gasteiger partial charge on any atom is -0.497 e. The zero-order chi connectivity index (χ0) is 22.0. The molecule has 0 saturated heterocycles. The van der Waals surface area contributed by atoms with E-state index in [1.165, 1.54) is 6.33 Å². The zero-order valence-corrected chi connectivity index (χ0v) is 17.7. The lowest BCUT2D eigenvalue weighted by Crippen LogP contribution is -2.10. The molecule has 9 heteroatoms. The van der Waals surface area contributed by atoms with E-state index in [4.69, 9.17) is 15.2 Å². The van der Waals surface area contributed by atoms with Crippen LogP contribution in [0.15, 0.2) is 43.0 Å². The van der Waals surface area contributed by atoms with Gasteiger partial charge in [-0.15, -0.1) is 0 Å². The van der Waals surface area contributed by atoms with Gasteiger partial charge in [0.2, 0.25) is 0 Å². The number of nitrogens with zero attached hydrogens (tertiary/aromatic N) is 5. The number of rotatable bonds is 7. The van der Waals surface area contributed by atoms with Crippen LogP contribution in [0.3, 0.4) is 0 Å². The lowest BCUT2D eigenvalue weighted by Gasteiger charge is -2.11. The summed E-state index contributed by atoms with van der Waals surface area (Å²) in [5.74, 6) is 0.794. The fraction of sp³-hybridized carbons (Fsp3) is 0.273. The van der Waals surface area contributed by atoms with Crippen LogP contribution in [0.2, 0.25) is 0 Å². The molecule has 4 rings (SSSR count).